The van der Waals surface area contributed by atoms with E-state index in [2.05, 4.69) is 4.72 Å². The summed E-state index contributed by atoms with van der Waals surface area (Å²) in [6, 6.07) is 11.4. The number of sulfonamides is 1. The van der Waals surface area contributed by atoms with Gasteiger partial charge in [-0.05, 0) is 67.9 Å². The number of halogens is 1. The molecule has 1 saturated carbocycles. The number of nitrogens with zero attached hydrogens (tertiary/aromatic N) is 1. The van der Waals surface area contributed by atoms with Gasteiger partial charge < -0.3 is 4.74 Å². The normalized spacial score (nSPS) is 15.5. The molecule has 1 fully saturated rings. The Morgan fingerprint density at radius 1 is 0.971 bits per heavy atom. The summed E-state index contributed by atoms with van der Waals surface area (Å²) < 4.78 is 46.6. The summed E-state index contributed by atoms with van der Waals surface area (Å²) in [6.07, 6.45) is 5.22. The Kier molecular flexibility index (Phi) is 8.18. The highest BCUT2D eigenvalue weighted by Gasteiger charge is 2.34. The Labute approximate surface area is 205 Å². The average molecular weight is 503 g/mol. The molecule has 1 N–H and O–H groups in total. The average Bonchev–Trinajstić information content (AvgIpc) is 3.64. The third-order valence-corrected chi connectivity index (χ3v) is 7.80. The number of fused-ring (bicyclic) bond motifs is 1. The highest BCUT2D eigenvalue weighted by Crippen LogP contribution is 2.30. The Bertz CT molecular complexity index is 1150. The van der Waals surface area contributed by atoms with Crippen LogP contribution in [0.5, 0.6) is 5.75 Å². The number of carbonyl (C=O) groups excluding carboxylic acids is 2. The van der Waals surface area contributed by atoms with Crippen LogP contribution in [-0.4, -0.2) is 50.6 Å². The molecule has 0 spiro atoms. The number of carbonyl (C=O) groups is 2. The first-order chi connectivity index (χ1) is 16.8. The molecule has 9 heteroatoms. The predicted molar refractivity (Wildman–Crippen MR) is 130 cm³/mol. The number of hydrogen-bond acceptors (Lipinski definition) is 5. The van der Waals surface area contributed by atoms with Crippen molar-refractivity contribution in [1.82, 2.24) is 9.62 Å². The van der Waals surface area contributed by atoms with Crippen LogP contribution < -0.4 is 9.46 Å². The molecule has 1 aliphatic heterocycles. The summed E-state index contributed by atoms with van der Waals surface area (Å²) in [7, 11) is -3.41. The van der Waals surface area contributed by atoms with Crippen molar-refractivity contribution in [2.24, 2.45) is 5.92 Å². The lowest BCUT2D eigenvalue weighted by Crippen LogP contribution is -2.30. The van der Waals surface area contributed by atoms with E-state index in [1.165, 1.54) is 11.0 Å². The van der Waals surface area contributed by atoms with Crippen LogP contribution in [0, 0.1) is 11.7 Å². The molecule has 2 amide bonds. The fourth-order valence-corrected chi connectivity index (χ4v) is 5.23. The van der Waals surface area contributed by atoms with Crippen LogP contribution in [0.3, 0.4) is 0 Å². The number of hydrogen-bond donors (Lipinski definition) is 1. The van der Waals surface area contributed by atoms with Gasteiger partial charge in [-0.1, -0.05) is 31.0 Å². The second-order valence-electron chi connectivity index (χ2n) is 9.20. The van der Waals surface area contributed by atoms with E-state index in [-0.39, 0.29) is 29.9 Å². The lowest BCUT2D eigenvalue weighted by molar-refractivity contribution is 0.0651. The molecule has 0 atom stereocenters. The van der Waals surface area contributed by atoms with Gasteiger partial charge in [-0.15, -0.1) is 0 Å². The summed E-state index contributed by atoms with van der Waals surface area (Å²) in [5.74, 6) is -0.178. The van der Waals surface area contributed by atoms with Gasteiger partial charge in [0.05, 0.1) is 23.5 Å². The maximum atomic E-state index is 13.9. The number of ether oxygens (including phenoxy) is 1. The van der Waals surface area contributed by atoms with E-state index < -0.39 is 15.8 Å². The second kappa shape index (κ2) is 11.3. The van der Waals surface area contributed by atoms with Crippen LogP contribution in [0.1, 0.15) is 64.8 Å². The number of unbranched alkanes of at least 4 members (excludes halogenated alkanes) is 3. The smallest absolute Gasteiger partial charge is 0.261 e. The summed E-state index contributed by atoms with van der Waals surface area (Å²) in [5, 5.41) is 0. The molecule has 35 heavy (non-hydrogen) atoms. The van der Waals surface area contributed by atoms with Gasteiger partial charge in [0.2, 0.25) is 10.0 Å². The van der Waals surface area contributed by atoms with Crippen molar-refractivity contribution < 1.29 is 27.1 Å². The topological polar surface area (TPSA) is 92.8 Å². The molecule has 0 unspecified atom stereocenters. The molecule has 0 bridgehead atoms. The van der Waals surface area contributed by atoms with Gasteiger partial charge in [-0.2, -0.15) is 0 Å². The van der Waals surface area contributed by atoms with Crippen molar-refractivity contribution in [1.29, 1.82) is 0 Å². The maximum Gasteiger partial charge on any atom is 0.261 e. The third-order valence-electron chi connectivity index (χ3n) is 6.33. The van der Waals surface area contributed by atoms with E-state index in [0.29, 0.717) is 55.9 Å². The van der Waals surface area contributed by atoms with Crippen molar-refractivity contribution in [2.45, 2.75) is 44.9 Å². The highest BCUT2D eigenvalue weighted by molar-refractivity contribution is 7.89. The third kappa shape index (κ3) is 6.89. The molecular formula is C26H31FN2O5S. The Morgan fingerprint density at radius 3 is 2.34 bits per heavy atom. The van der Waals surface area contributed by atoms with Crippen LogP contribution in [0.4, 0.5) is 4.39 Å². The molecule has 188 valence electrons. The molecule has 2 aromatic rings. The molecule has 0 radical (unpaired) electrons. The second-order valence-corrected chi connectivity index (χ2v) is 11.1. The van der Waals surface area contributed by atoms with Crippen LogP contribution in [-0.2, 0) is 16.4 Å². The Hall–Kier alpha value is -2.78. The Morgan fingerprint density at radius 2 is 1.66 bits per heavy atom. The van der Waals surface area contributed by atoms with E-state index in [0.717, 1.165) is 24.8 Å². The zero-order chi connectivity index (χ0) is 24.8. The van der Waals surface area contributed by atoms with Crippen LogP contribution in [0.25, 0.3) is 0 Å². The van der Waals surface area contributed by atoms with Gasteiger partial charge in [0.25, 0.3) is 11.8 Å². The first kappa shape index (κ1) is 25.3. The van der Waals surface area contributed by atoms with Crippen LogP contribution in [0.15, 0.2) is 42.5 Å². The standard InChI is InChI=1S/C26H31FN2O5S/c27-23-12-11-19(17-24(23)34-18-20-9-10-20)13-14-28-35(32,33)16-6-2-1-5-15-29-25(30)21-7-3-4-8-22(21)26(29)31/h3-4,7-8,11-12,17,20,28H,1-2,5-6,9-10,13-16,18H2. The lowest BCUT2D eigenvalue weighted by atomic mass is 10.1. The summed E-state index contributed by atoms with van der Waals surface area (Å²) in [4.78, 5) is 26.0. The minimum Gasteiger partial charge on any atom is -0.490 e. The molecule has 1 heterocycles. The first-order valence-corrected chi connectivity index (χ1v) is 13.8. The monoisotopic (exact) mass is 502 g/mol. The summed E-state index contributed by atoms with van der Waals surface area (Å²) >= 11 is 0. The first-order valence-electron chi connectivity index (χ1n) is 12.2. The summed E-state index contributed by atoms with van der Waals surface area (Å²) in [5.41, 5.74) is 1.70. The van der Waals surface area contributed by atoms with Crippen LogP contribution in [0.2, 0.25) is 0 Å². The van der Waals surface area contributed by atoms with Gasteiger partial charge in [0.15, 0.2) is 11.6 Å². The summed E-state index contributed by atoms with van der Waals surface area (Å²) in [6.45, 7) is 1.09. The van der Waals surface area contributed by atoms with Gasteiger partial charge in [0.1, 0.15) is 0 Å². The maximum absolute atomic E-state index is 13.9. The number of amides is 2. The molecule has 0 saturated heterocycles. The fourth-order valence-electron chi connectivity index (χ4n) is 4.09. The highest BCUT2D eigenvalue weighted by atomic mass is 32.2. The van der Waals surface area contributed by atoms with E-state index in [4.69, 9.17) is 4.74 Å². The number of rotatable bonds is 14. The van der Waals surface area contributed by atoms with E-state index >= 15 is 0 Å². The van der Waals surface area contributed by atoms with Crippen molar-refractivity contribution >= 4 is 21.8 Å². The van der Waals surface area contributed by atoms with Crippen molar-refractivity contribution in [3.63, 3.8) is 0 Å². The molecular weight excluding hydrogens is 471 g/mol. The molecule has 2 aliphatic rings. The Balaban J connectivity index is 1.11. The minimum absolute atomic E-state index is 0.0131. The van der Waals surface area contributed by atoms with Gasteiger partial charge >= 0.3 is 0 Å². The SMILES string of the molecule is O=C1c2ccccc2C(=O)N1CCCCCCS(=O)(=O)NCCc1ccc(F)c(OCC2CC2)c1. The van der Waals surface area contributed by atoms with Crippen molar-refractivity contribution in [3.8, 4) is 5.75 Å². The quantitative estimate of drug-likeness (QED) is 0.312. The van der Waals surface area contributed by atoms with Crippen molar-refractivity contribution in [2.75, 3.05) is 25.4 Å². The largest absolute Gasteiger partial charge is 0.490 e. The molecule has 7 nitrogen and oxygen atoms in total. The van der Waals surface area contributed by atoms with E-state index in [9.17, 15) is 22.4 Å². The molecule has 2 aromatic carbocycles. The number of imide groups is 1. The molecule has 4 rings (SSSR count). The molecule has 0 aromatic heterocycles. The van der Waals surface area contributed by atoms with E-state index in [1.807, 2.05) is 0 Å². The van der Waals surface area contributed by atoms with Gasteiger partial charge in [-0.25, -0.2) is 17.5 Å². The number of benzene rings is 2. The zero-order valence-corrected chi connectivity index (χ0v) is 20.5. The van der Waals surface area contributed by atoms with Crippen molar-refractivity contribution in [3.05, 3.63) is 65.0 Å². The zero-order valence-electron chi connectivity index (χ0n) is 19.7. The predicted octanol–water partition coefficient (Wildman–Crippen LogP) is 3.93. The fraction of sp³-hybridized carbons (Fsp3) is 0.462. The lowest BCUT2D eigenvalue weighted by Gasteiger charge is -2.13. The minimum atomic E-state index is -3.41. The van der Waals surface area contributed by atoms with E-state index in [1.54, 1.807) is 36.4 Å². The van der Waals surface area contributed by atoms with Gasteiger partial charge in [-0.3, -0.25) is 14.5 Å². The van der Waals surface area contributed by atoms with Crippen LogP contribution >= 0.6 is 0 Å². The van der Waals surface area contributed by atoms with Gasteiger partial charge in [0, 0.05) is 13.1 Å². The number of nitrogens with one attached hydrogen (secondary N) is 1. The molecule has 1 aliphatic carbocycles.